The van der Waals surface area contributed by atoms with Gasteiger partial charge in [0, 0.05) is 31.8 Å². The fourth-order valence-corrected chi connectivity index (χ4v) is 2.06. The van der Waals surface area contributed by atoms with Gasteiger partial charge in [0.05, 0.1) is 19.1 Å². The SMILES string of the molecule is COCCN(CCC#N)c1ccc(CCl)cc1C. The van der Waals surface area contributed by atoms with Crippen LogP contribution in [0.15, 0.2) is 18.2 Å². The van der Waals surface area contributed by atoms with Crippen LogP contribution in [-0.4, -0.2) is 26.8 Å². The molecular weight excluding hydrogens is 248 g/mol. The zero-order valence-electron chi connectivity index (χ0n) is 10.9. The van der Waals surface area contributed by atoms with Crippen molar-refractivity contribution in [3.05, 3.63) is 29.3 Å². The molecule has 0 fully saturated rings. The fraction of sp³-hybridized carbons (Fsp3) is 0.500. The van der Waals surface area contributed by atoms with E-state index in [1.54, 1.807) is 7.11 Å². The Hall–Kier alpha value is -1.24. The molecule has 0 unspecified atom stereocenters. The Balaban J connectivity index is 2.86. The van der Waals surface area contributed by atoms with E-state index in [4.69, 9.17) is 21.6 Å². The van der Waals surface area contributed by atoms with Crippen LogP contribution in [0.1, 0.15) is 17.5 Å². The van der Waals surface area contributed by atoms with Gasteiger partial charge in [0.2, 0.25) is 0 Å². The molecule has 98 valence electrons. The number of alkyl halides is 1. The third-order valence-electron chi connectivity index (χ3n) is 2.82. The van der Waals surface area contributed by atoms with Crippen LogP contribution in [0.25, 0.3) is 0 Å². The van der Waals surface area contributed by atoms with Gasteiger partial charge < -0.3 is 9.64 Å². The zero-order valence-corrected chi connectivity index (χ0v) is 11.7. The second kappa shape index (κ2) is 7.97. The average Bonchev–Trinajstić information content (AvgIpc) is 2.39. The topological polar surface area (TPSA) is 36.3 Å². The molecular formula is C14H19ClN2O. The van der Waals surface area contributed by atoms with E-state index in [2.05, 4.69) is 30.0 Å². The standard InChI is InChI=1S/C14H19ClN2O/c1-12-10-13(11-15)4-5-14(12)17(7-3-6-16)8-9-18-2/h4-5,10H,3,7-9,11H2,1-2H3. The van der Waals surface area contributed by atoms with E-state index in [-0.39, 0.29) is 0 Å². The van der Waals surface area contributed by atoms with E-state index in [0.29, 0.717) is 18.9 Å². The average molecular weight is 267 g/mol. The molecule has 0 heterocycles. The quantitative estimate of drug-likeness (QED) is 0.712. The number of hydrogen-bond donors (Lipinski definition) is 0. The Bertz CT molecular complexity index is 415. The van der Waals surface area contributed by atoms with Gasteiger partial charge >= 0.3 is 0 Å². The van der Waals surface area contributed by atoms with Gasteiger partial charge in [-0.3, -0.25) is 0 Å². The Labute approximate surface area is 114 Å². The molecule has 0 bridgehead atoms. The number of methoxy groups -OCH3 is 1. The third kappa shape index (κ3) is 4.21. The number of rotatable bonds is 7. The van der Waals surface area contributed by atoms with E-state index >= 15 is 0 Å². The number of hydrogen-bond acceptors (Lipinski definition) is 3. The summed E-state index contributed by atoms with van der Waals surface area (Å²) < 4.78 is 5.11. The van der Waals surface area contributed by atoms with Crippen LogP contribution >= 0.6 is 11.6 Å². The summed E-state index contributed by atoms with van der Waals surface area (Å²) in [7, 11) is 1.69. The zero-order chi connectivity index (χ0) is 13.4. The Morgan fingerprint density at radius 3 is 2.72 bits per heavy atom. The smallest absolute Gasteiger partial charge is 0.0640 e. The van der Waals surface area contributed by atoms with Gasteiger partial charge in [-0.25, -0.2) is 0 Å². The molecule has 0 aliphatic heterocycles. The van der Waals surface area contributed by atoms with Gasteiger partial charge in [0.25, 0.3) is 0 Å². The highest BCUT2D eigenvalue weighted by Crippen LogP contribution is 2.22. The molecule has 0 aliphatic carbocycles. The Morgan fingerprint density at radius 1 is 1.39 bits per heavy atom. The van der Waals surface area contributed by atoms with Crippen LogP contribution in [0, 0.1) is 18.3 Å². The van der Waals surface area contributed by atoms with Crippen LogP contribution in [0.4, 0.5) is 5.69 Å². The monoisotopic (exact) mass is 266 g/mol. The minimum atomic E-state index is 0.514. The molecule has 0 amide bonds. The molecule has 1 rings (SSSR count). The van der Waals surface area contributed by atoms with Crippen molar-refractivity contribution < 1.29 is 4.74 Å². The van der Waals surface area contributed by atoms with Gasteiger partial charge in [-0.1, -0.05) is 12.1 Å². The largest absolute Gasteiger partial charge is 0.383 e. The Kier molecular flexibility index (Phi) is 6.56. The maximum atomic E-state index is 8.71. The summed E-state index contributed by atoms with van der Waals surface area (Å²) in [6.45, 7) is 4.24. The number of nitriles is 1. The molecule has 1 aromatic carbocycles. The first-order valence-corrected chi connectivity index (χ1v) is 6.52. The molecule has 0 saturated heterocycles. The van der Waals surface area contributed by atoms with E-state index in [9.17, 15) is 0 Å². The normalized spacial score (nSPS) is 10.1. The Morgan fingerprint density at radius 2 is 2.17 bits per heavy atom. The van der Waals surface area contributed by atoms with Crippen molar-refractivity contribution in [2.75, 3.05) is 31.7 Å². The number of aryl methyl sites for hydroxylation is 1. The molecule has 0 aliphatic rings. The lowest BCUT2D eigenvalue weighted by Gasteiger charge is -2.25. The summed E-state index contributed by atoms with van der Waals surface area (Å²) in [6, 6.07) is 8.37. The summed E-state index contributed by atoms with van der Waals surface area (Å²) in [5.74, 6) is 0.525. The van der Waals surface area contributed by atoms with Crippen molar-refractivity contribution in [1.82, 2.24) is 0 Å². The lowest BCUT2D eigenvalue weighted by molar-refractivity contribution is 0.205. The lowest BCUT2D eigenvalue weighted by atomic mass is 10.1. The summed E-state index contributed by atoms with van der Waals surface area (Å²) in [5, 5.41) is 8.71. The highest BCUT2D eigenvalue weighted by molar-refractivity contribution is 6.17. The second-order valence-corrected chi connectivity index (χ2v) is 4.41. The van der Waals surface area contributed by atoms with Crippen molar-refractivity contribution in [3.63, 3.8) is 0 Å². The van der Waals surface area contributed by atoms with Crippen molar-refractivity contribution in [2.45, 2.75) is 19.2 Å². The van der Waals surface area contributed by atoms with E-state index < -0.39 is 0 Å². The van der Waals surface area contributed by atoms with E-state index in [1.807, 2.05) is 6.07 Å². The van der Waals surface area contributed by atoms with E-state index in [1.165, 1.54) is 5.56 Å². The number of anilines is 1. The van der Waals surface area contributed by atoms with Gasteiger partial charge in [-0.15, -0.1) is 11.6 Å². The molecule has 0 aromatic heterocycles. The maximum absolute atomic E-state index is 8.71. The number of benzene rings is 1. The summed E-state index contributed by atoms with van der Waals surface area (Å²) >= 11 is 5.82. The van der Waals surface area contributed by atoms with Gasteiger partial charge in [-0.2, -0.15) is 5.26 Å². The van der Waals surface area contributed by atoms with Gasteiger partial charge in [0.15, 0.2) is 0 Å². The number of ether oxygens (including phenoxy) is 1. The van der Waals surface area contributed by atoms with Crippen LogP contribution < -0.4 is 4.90 Å². The third-order valence-corrected chi connectivity index (χ3v) is 3.12. The number of halogens is 1. The van der Waals surface area contributed by atoms with Crippen molar-refractivity contribution in [2.24, 2.45) is 0 Å². The minimum absolute atomic E-state index is 0.514. The molecule has 0 saturated carbocycles. The summed E-state index contributed by atoms with van der Waals surface area (Å²) in [4.78, 5) is 2.18. The first-order chi connectivity index (χ1) is 8.72. The number of nitrogens with zero attached hydrogens (tertiary/aromatic N) is 2. The maximum Gasteiger partial charge on any atom is 0.0640 e. The first kappa shape index (κ1) is 14.8. The lowest BCUT2D eigenvalue weighted by Crippen LogP contribution is -2.28. The van der Waals surface area contributed by atoms with Crippen LogP contribution in [0.3, 0.4) is 0 Å². The predicted molar refractivity (Wildman–Crippen MR) is 75.1 cm³/mol. The summed E-state index contributed by atoms with van der Waals surface area (Å²) in [6.07, 6.45) is 0.514. The first-order valence-electron chi connectivity index (χ1n) is 5.99. The molecule has 18 heavy (non-hydrogen) atoms. The molecule has 0 N–H and O–H groups in total. The van der Waals surface area contributed by atoms with Gasteiger partial charge in [-0.05, 0) is 24.1 Å². The molecule has 0 spiro atoms. The predicted octanol–water partition coefficient (Wildman–Crippen LogP) is 3.10. The van der Waals surface area contributed by atoms with Crippen molar-refractivity contribution in [1.29, 1.82) is 5.26 Å². The highest BCUT2D eigenvalue weighted by atomic mass is 35.5. The molecule has 3 nitrogen and oxygen atoms in total. The highest BCUT2D eigenvalue weighted by Gasteiger charge is 2.09. The van der Waals surface area contributed by atoms with Crippen molar-refractivity contribution >= 4 is 17.3 Å². The van der Waals surface area contributed by atoms with Crippen LogP contribution in [0.2, 0.25) is 0 Å². The molecule has 4 heteroatoms. The molecule has 0 atom stereocenters. The molecule has 1 aromatic rings. The van der Waals surface area contributed by atoms with Gasteiger partial charge in [0.1, 0.15) is 0 Å². The summed E-state index contributed by atoms with van der Waals surface area (Å²) in [5.41, 5.74) is 3.45. The fourth-order valence-electron chi connectivity index (χ4n) is 1.89. The van der Waals surface area contributed by atoms with E-state index in [0.717, 1.165) is 24.3 Å². The van der Waals surface area contributed by atoms with Crippen LogP contribution in [-0.2, 0) is 10.6 Å². The van der Waals surface area contributed by atoms with Crippen molar-refractivity contribution in [3.8, 4) is 6.07 Å². The second-order valence-electron chi connectivity index (χ2n) is 4.14. The minimum Gasteiger partial charge on any atom is -0.383 e. The van der Waals surface area contributed by atoms with Crippen LogP contribution in [0.5, 0.6) is 0 Å². The molecule has 0 radical (unpaired) electrons.